The molecule has 0 aromatic rings. The molecule has 1 saturated heterocycles. The van der Waals surface area contributed by atoms with E-state index in [4.69, 9.17) is 5.73 Å². The predicted molar refractivity (Wildman–Crippen MR) is 75.4 cm³/mol. The van der Waals surface area contributed by atoms with Gasteiger partial charge >= 0.3 is 0 Å². The van der Waals surface area contributed by atoms with Crippen LogP contribution in [0.1, 0.15) is 39.0 Å². The fourth-order valence-corrected chi connectivity index (χ4v) is 2.29. The van der Waals surface area contributed by atoms with E-state index in [0.717, 1.165) is 19.3 Å². The maximum absolute atomic E-state index is 12.0. The van der Waals surface area contributed by atoms with Gasteiger partial charge in [0.1, 0.15) is 0 Å². The highest BCUT2D eigenvalue weighted by Crippen LogP contribution is 2.12. The van der Waals surface area contributed by atoms with Gasteiger partial charge in [0.25, 0.3) is 0 Å². The number of nitrogens with two attached hydrogens (primary N) is 1. The molecule has 1 heterocycles. The van der Waals surface area contributed by atoms with E-state index in [1.165, 1.54) is 0 Å². The lowest BCUT2D eigenvalue weighted by molar-refractivity contribution is -0.133. The average Bonchev–Trinajstić information content (AvgIpc) is 2.39. The number of hydrogen-bond donors (Lipinski definition) is 2. The highest BCUT2D eigenvalue weighted by Gasteiger charge is 2.26. The van der Waals surface area contributed by atoms with Gasteiger partial charge in [0.15, 0.2) is 0 Å². The van der Waals surface area contributed by atoms with E-state index in [1.807, 2.05) is 6.92 Å². The Morgan fingerprint density at radius 1 is 1.47 bits per heavy atom. The minimum atomic E-state index is -0.483. The highest BCUT2D eigenvalue weighted by molar-refractivity contribution is 5.82. The molecule has 5 nitrogen and oxygen atoms in total. The lowest BCUT2D eigenvalue weighted by atomic mass is 10.0. The van der Waals surface area contributed by atoms with Crippen molar-refractivity contribution in [3.05, 3.63) is 12.7 Å². The molecule has 0 aliphatic carbocycles. The first kappa shape index (κ1) is 15.7. The van der Waals surface area contributed by atoms with Crippen molar-refractivity contribution in [3.63, 3.8) is 0 Å². The molecule has 0 bridgehead atoms. The second-order valence-electron chi connectivity index (χ2n) is 5.05. The summed E-state index contributed by atoms with van der Waals surface area (Å²) >= 11 is 0. The van der Waals surface area contributed by atoms with Gasteiger partial charge in [-0.15, -0.1) is 6.58 Å². The summed E-state index contributed by atoms with van der Waals surface area (Å²) in [7, 11) is 0. The molecule has 3 N–H and O–H groups in total. The van der Waals surface area contributed by atoms with Crippen LogP contribution in [0.2, 0.25) is 0 Å². The molecule has 108 valence electrons. The van der Waals surface area contributed by atoms with E-state index in [2.05, 4.69) is 11.9 Å². The summed E-state index contributed by atoms with van der Waals surface area (Å²) in [5, 5.41) is 3.01. The number of hydrogen-bond acceptors (Lipinski definition) is 3. The number of amides is 2. The number of piperidine rings is 1. The Labute approximate surface area is 115 Å². The van der Waals surface area contributed by atoms with Crippen molar-refractivity contribution >= 4 is 11.8 Å². The molecule has 1 fully saturated rings. The van der Waals surface area contributed by atoms with E-state index in [9.17, 15) is 9.59 Å². The molecule has 19 heavy (non-hydrogen) atoms. The Bertz CT molecular complexity index is 323. The molecule has 1 atom stereocenters. The fraction of sp³-hybridized carbons (Fsp3) is 0.714. The van der Waals surface area contributed by atoms with Gasteiger partial charge in [-0.05, 0) is 25.7 Å². The number of nitrogens with zero attached hydrogens (tertiary/aromatic N) is 1. The molecule has 5 heteroatoms. The van der Waals surface area contributed by atoms with Crippen LogP contribution in [-0.2, 0) is 9.59 Å². The first-order valence-corrected chi connectivity index (χ1v) is 7.03. The van der Waals surface area contributed by atoms with Gasteiger partial charge < -0.3 is 16.0 Å². The van der Waals surface area contributed by atoms with E-state index < -0.39 is 6.04 Å². The second-order valence-corrected chi connectivity index (χ2v) is 5.05. The lowest BCUT2D eigenvalue weighted by Gasteiger charge is -2.33. The molecule has 0 spiro atoms. The van der Waals surface area contributed by atoms with E-state index in [1.54, 1.807) is 11.0 Å². The number of nitrogens with one attached hydrogen (secondary N) is 1. The van der Waals surface area contributed by atoms with Gasteiger partial charge in [0, 0.05) is 25.6 Å². The average molecular weight is 267 g/mol. The first-order chi connectivity index (χ1) is 9.08. The maximum atomic E-state index is 12.0. The lowest BCUT2D eigenvalue weighted by Crippen LogP contribution is -2.50. The minimum absolute atomic E-state index is 0.0155. The topological polar surface area (TPSA) is 75.4 Å². The van der Waals surface area contributed by atoms with Crippen molar-refractivity contribution < 1.29 is 9.59 Å². The van der Waals surface area contributed by atoms with Crippen LogP contribution in [0.4, 0.5) is 0 Å². The second kappa shape index (κ2) is 7.94. The van der Waals surface area contributed by atoms with Gasteiger partial charge in [0.05, 0.1) is 6.04 Å². The van der Waals surface area contributed by atoms with E-state index in [0.29, 0.717) is 25.9 Å². The normalized spacial score (nSPS) is 17.9. The Hall–Kier alpha value is -1.36. The molecule has 1 unspecified atom stereocenters. The van der Waals surface area contributed by atoms with Crippen molar-refractivity contribution in [2.75, 3.05) is 13.1 Å². The van der Waals surface area contributed by atoms with E-state index >= 15 is 0 Å². The monoisotopic (exact) mass is 267 g/mol. The van der Waals surface area contributed by atoms with Gasteiger partial charge in [-0.2, -0.15) is 0 Å². The summed E-state index contributed by atoms with van der Waals surface area (Å²) in [6.45, 7) is 6.91. The quantitative estimate of drug-likeness (QED) is 0.699. The van der Waals surface area contributed by atoms with Gasteiger partial charge in [-0.3, -0.25) is 9.59 Å². The number of likely N-dealkylation sites (tertiary alicyclic amines) is 1. The van der Waals surface area contributed by atoms with Gasteiger partial charge in [0.2, 0.25) is 11.8 Å². The maximum Gasteiger partial charge on any atom is 0.239 e. The third-order valence-electron chi connectivity index (χ3n) is 3.39. The van der Waals surface area contributed by atoms with Crippen molar-refractivity contribution in [1.29, 1.82) is 0 Å². The standard InChI is InChI=1S/C14H25N3O2/c1-3-5-12(15)14(19)17-9-7-11(8-10-17)16-13(18)6-4-2/h3,11-12H,1,4-10,15H2,2H3,(H,16,18). The van der Waals surface area contributed by atoms with Crippen LogP contribution in [0.25, 0.3) is 0 Å². The smallest absolute Gasteiger partial charge is 0.239 e. The molecule has 1 aliphatic heterocycles. The van der Waals surface area contributed by atoms with Gasteiger partial charge in [-0.1, -0.05) is 13.0 Å². The summed E-state index contributed by atoms with van der Waals surface area (Å²) in [6, 6.07) is -0.289. The molecule has 0 radical (unpaired) electrons. The summed E-state index contributed by atoms with van der Waals surface area (Å²) in [5.41, 5.74) is 5.78. The molecular weight excluding hydrogens is 242 g/mol. The zero-order chi connectivity index (χ0) is 14.3. The Balaban J connectivity index is 2.34. The van der Waals surface area contributed by atoms with Crippen LogP contribution in [-0.4, -0.2) is 41.9 Å². The first-order valence-electron chi connectivity index (χ1n) is 7.03. The Kier molecular flexibility index (Phi) is 6.56. The van der Waals surface area contributed by atoms with Crippen LogP contribution >= 0.6 is 0 Å². The summed E-state index contributed by atoms with van der Waals surface area (Å²) in [4.78, 5) is 25.3. The van der Waals surface area contributed by atoms with E-state index in [-0.39, 0.29) is 17.9 Å². The van der Waals surface area contributed by atoms with Gasteiger partial charge in [-0.25, -0.2) is 0 Å². The molecule has 1 aliphatic rings. The van der Waals surface area contributed by atoms with Crippen molar-refractivity contribution in [2.45, 2.75) is 51.1 Å². The fourth-order valence-electron chi connectivity index (χ4n) is 2.29. The van der Waals surface area contributed by atoms with Crippen molar-refractivity contribution in [1.82, 2.24) is 10.2 Å². The SMILES string of the molecule is C=CCC(N)C(=O)N1CCC(NC(=O)CCC)CC1. The highest BCUT2D eigenvalue weighted by atomic mass is 16.2. The van der Waals surface area contributed by atoms with Crippen LogP contribution in [0, 0.1) is 0 Å². The molecule has 0 saturated carbocycles. The summed E-state index contributed by atoms with van der Waals surface area (Å²) in [6.07, 6.45) is 5.22. The van der Waals surface area contributed by atoms with Crippen LogP contribution in [0.15, 0.2) is 12.7 Å². The Morgan fingerprint density at radius 2 is 2.11 bits per heavy atom. The summed E-state index contributed by atoms with van der Waals surface area (Å²) < 4.78 is 0. The molecule has 1 rings (SSSR count). The molecule has 0 aromatic heterocycles. The Morgan fingerprint density at radius 3 is 2.63 bits per heavy atom. The number of carbonyl (C=O) groups excluding carboxylic acids is 2. The minimum Gasteiger partial charge on any atom is -0.353 e. The number of carbonyl (C=O) groups is 2. The molecular formula is C14H25N3O2. The van der Waals surface area contributed by atoms with Crippen molar-refractivity contribution in [3.8, 4) is 0 Å². The molecule has 0 aromatic carbocycles. The predicted octanol–water partition coefficient (Wildman–Crippen LogP) is 0.797. The zero-order valence-electron chi connectivity index (χ0n) is 11.7. The van der Waals surface area contributed by atoms with Crippen LogP contribution in [0.5, 0.6) is 0 Å². The summed E-state index contributed by atoms with van der Waals surface area (Å²) in [5.74, 6) is 0.0915. The number of rotatable bonds is 6. The third-order valence-corrected chi connectivity index (χ3v) is 3.39. The largest absolute Gasteiger partial charge is 0.353 e. The molecule has 2 amide bonds. The van der Waals surface area contributed by atoms with Crippen LogP contribution in [0.3, 0.4) is 0 Å². The zero-order valence-corrected chi connectivity index (χ0v) is 11.7. The van der Waals surface area contributed by atoms with Crippen LogP contribution < -0.4 is 11.1 Å². The third kappa shape index (κ3) is 5.03. The van der Waals surface area contributed by atoms with Crippen molar-refractivity contribution in [2.24, 2.45) is 5.73 Å².